The minimum atomic E-state index is -4.67. The lowest BCUT2D eigenvalue weighted by Gasteiger charge is -2.37. The summed E-state index contributed by atoms with van der Waals surface area (Å²) in [4.78, 5) is 17.2. The predicted octanol–water partition coefficient (Wildman–Crippen LogP) is 2.89. The molecule has 0 N–H and O–H groups in total. The van der Waals surface area contributed by atoms with E-state index in [1.54, 1.807) is 36.1 Å². The van der Waals surface area contributed by atoms with Crippen LogP contribution in [0.25, 0.3) is 11.4 Å². The Morgan fingerprint density at radius 2 is 1.96 bits per heavy atom. The Hall–Kier alpha value is -2.42. The van der Waals surface area contributed by atoms with Crippen LogP contribution in [0.15, 0.2) is 28.8 Å². The van der Waals surface area contributed by atoms with Crippen LogP contribution in [-0.2, 0) is 22.3 Å². The van der Waals surface area contributed by atoms with Crippen LogP contribution in [-0.4, -0.2) is 40.2 Å². The lowest BCUT2D eigenvalue weighted by molar-refractivity contribution is -0.159. The van der Waals surface area contributed by atoms with E-state index in [2.05, 4.69) is 14.7 Å². The van der Waals surface area contributed by atoms with Gasteiger partial charge in [0.25, 0.3) is 0 Å². The van der Waals surface area contributed by atoms with Crippen LogP contribution in [0.3, 0.4) is 0 Å². The highest BCUT2D eigenvalue weighted by molar-refractivity contribution is 5.76. The molecule has 3 rings (SSSR count). The van der Waals surface area contributed by atoms with Crippen molar-refractivity contribution in [1.29, 1.82) is 0 Å². The van der Waals surface area contributed by atoms with Crippen LogP contribution in [0.4, 0.5) is 13.2 Å². The first-order valence-electron chi connectivity index (χ1n) is 7.76. The van der Waals surface area contributed by atoms with Gasteiger partial charge >= 0.3 is 12.1 Å². The number of carbonyl (C=O) groups excluding carboxylic acids is 1. The molecule has 1 amide bonds. The number of hydrogen-bond acceptors (Lipinski definition) is 5. The summed E-state index contributed by atoms with van der Waals surface area (Å²) in [6.07, 6.45) is -4.27. The SMILES string of the molecule is CCC(=O)N(Cc1ccc(-c2noc(C(F)(F)F)n2)cc1)C1COC1. The molecule has 1 aliphatic heterocycles. The Morgan fingerprint density at radius 1 is 1.28 bits per heavy atom. The quantitative estimate of drug-likeness (QED) is 0.825. The maximum absolute atomic E-state index is 12.5. The molecule has 0 unspecified atom stereocenters. The zero-order valence-electron chi connectivity index (χ0n) is 13.4. The molecule has 1 aromatic carbocycles. The minimum absolute atomic E-state index is 0.0327. The van der Waals surface area contributed by atoms with Gasteiger partial charge in [-0.2, -0.15) is 18.2 Å². The summed E-state index contributed by atoms with van der Waals surface area (Å²) in [6.45, 7) is 3.26. The first kappa shape index (κ1) is 17.4. The number of nitrogens with zero attached hydrogens (tertiary/aromatic N) is 3. The van der Waals surface area contributed by atoms with Crippen molar-refractivity contribution in [3.05, 3.63) is 35.7 Å². The molecule has 6 nitrogen and oxygen atoms in total. The van der Waals surface area contributed by atoms with Crippen LogP contribution in [0.5, 0.6) is 0 Å². The zero-order valence-corrected chi connectivity index (χ0v) is 13.4. The van der Waals surface area contributed by atoms with Gasteiger partial charge in [-0.15, -0.1) is 0 Å². The van der Waals surface area contributed by atoms with Crippen molar-refractivity contribution in [3.8, 4) is 11.4 Å². The molecule has 1 saturated heterocycles. The highest BCUT2D eigenvalue weighted by Crippen LogP contribution is 2.29. The molecule has 0 spiro atoms. The molecule has 1 aromatic heterocycles. The van der Waals surface area contributed by atoms with E-state index in [0.29, 0.717) is 31.7 Å². The number of carbonyl (C=O) groups is 1. The highest BCUT2D eigenvalue weighted by Gasteiger charge is 2.38. The highest BCUT2D eigenvalue weighted by atomic mass is 19.4. The third kappa shape index (κ3) is 3.81. The standard InChI is InChI=1S/C16H16F3N3O3/c1-2-13(23)22(12-8-24-9-12)7-10-3-5-11(6-4-10)14-20-15(25-21-14)16(17,18)19/h3-6,12H,2,7-9H2,1H3. The second-order valence-electron chi connectivity index (χ2n) is 5.68. The van der Waals surface area contributed by atoms with Crippen molar-refractivity contribution in [2.24, 2.45) is 0 Å². The Labute approximate surface area is 141 Å². The van der Waals surface area contributed by atoms with Gasteiger partial charge < -0.3 is 14.2 Å². The van der Waals surface area contributed by atoms with Gasteiger partial charge in [0.15, 0.2) is 0 Å². The summed E-state index contributed by atoms with van der Waals surface area (Å²) < 4.78 is 46.9. The normalized spacial score (nSPS) is 15.0. The fraction of sp³-hybridized carbons (Fsp3) is 0.438. The summed E-state index contributed by atoms with van der Waals surface area (Å²) in [7, 11) is 0. The Morgan fingerprint density at radius 3 is 2.44 bits per heavy atom. The molecule has 0 bridgehead atoms. The third-order valence-electron chi connectivity index (χ3n) is 3.92. The maximum Gasteiger partial charge on any atom is 0.471 e. The number of halogens is 3. The average Bonchev–Trinajstić information content (AvgIpc) is 3.02. The monoisotopic (exact) mass is 355 g/mol. The zero-order chi connectivity index (χ0) is 18.0. The van der Waals surface area contributed by atoms with Crippen molar-refractivity contribution in [1.82, 2.24) is 15.0 Å². The molecule has 2 aromatic rings. The van der Waals surface area contributed by atoms with E-state index in [1.807, 2.05) is 0 Å². The second kappa shape index (κ2) is 6.83. The molecule has 0 aliphatic carbocycles. The van der Waals surface area contributed by atoms with Crippen LogP contribution >= 0.6 is 0 Å². The van der Waals surface area contributed by atoms with E-state index in [-0.39, 0.29) is 17.8 Å². The van der Waals surface area contributed by atoms with Gasteiger partial charge in [0.05, 0.1) is 19.3 Å². The van der Waals surface area contributed by atoms with Crippen LogP contribution in [0, 0.1) is 0 Å². The van der Waals surface area contributed by atoms with Crippen molar-refractivity contribution in [2.75, 3.05) is 13.2 Å². The van der Waals surface area contributed by atoms with E-state index in [9.17, 15) is 18.0 Å². The molecular formula is C16H16F3N3O3. The van der Waals surface area contributed by atoms with Crippen molar-refractivity contribution >= 4 is 5.91 Å². The van der Waals surface area contributed by atoms with Gasteiger partial charge in [-0.25, -0.2) is 0 Å². The lowest BCUT2D eigenvalue weighted by Crippen LogP contribution is -2.51. The van der Waals surface area contributed by atoms with Crippen molar-refractivity contribution < 1.29 is 27.2 Å². The van der Waals surface area contributed by atoms with E-state index in [0.717, 1.165) is 5.56 Å². The summed E-state index contributed by atoms with van der Waals surface area (Å²) in [6, 6.07) is 6.74. The van der Waals surface area contributed by atoms with E-state index in [1.165, 1.54) is 0 Å². The Bertz CT molecular complexity index is 739. The van der Waals surface area contributed by atoms with Gasteiger partial charge in [-0.3, -0.25) is 4.79 Å². The predicted molar refractivity (Wildman–Crippen MR) is 80.2 cm³/mol. The number of ether oxygens (including phenoxy) is 1. The number of alkyl halides is 3. The largest absolute Gasteiger partial charge is 0.471 e. The number of aromatic nitrogens is 2. The molecule has 9 heteroatoms. The summed E-state index contributed by atoms with van der Waals surface area (Å²) in [5, 5.41) is 3.35. The lowest BCUT2D eigenvalue weighted by atomic mass is 10.1. The van der Waals surface area contributed by atoms with Gasteiger partial charge in [0, 0.05) is 18.5 Å². The topological polar surface area (TPSA) is 68.5 Å². The second-order valence-corrected chi connectivity index (χ2v) is 5.68. The van der Waals surface area contributed by atoms with E-state index >= 15 is 0 Å². The first-order chi connectivity index (χ1) is 11.9. The third-order valence-corrected chi connectivity index (χ3v) is 3.92. The van der Waals surface area contributed by atoms with Gasteiger partial charge in [-0.05, 0) is 5.56 Å². The van der Waals surface area contributed by atoms with E-state index < -0.39 is 12.1 Å². The molecule has 1 fully saturated rings. The fourth-order valence-corrected chi connectivity index (χ4v) is 2.44. The molecule has 134 valence electrons. The molecule has 0 radical (unpaired) electrons. The van der Waals surface area contributed by atoms with Crippen LogP contribution < -0.4 is 0 Å². The maximum atomic E-state index is 12.5. The Kier molecular flexibility index (Phi) is 4.76. The molecule has 0 saturated carbocycles. The smallest absolute Gasteiger partial charge is 0.377 e. The van der Waals surface area contributed by atoms with Crippen molar-refractivity contribution in [3.63, 3.8) is 0 Å². The minimum Gasteiger partial charge on any atom is -0.377 e. The molecule has 2 heterocycles. The fourth-order valence-electron chi connectivity index (χ4n) is 2.44. The molecule has 25 heavy (non-hydrogen) atoms. The summed E-state index contributed by atoms with van der Waals surface area (Å²) >= 11 is 0. The summed E-state index contributed by atoms with van der Waals surface area (Å²) in [5.74, 6) is -1.48. The van der Waals surface area contributed by atoms with Crippen LogP contribution in [0.1, 0.15) is 24.8 Å². The Balaban J connectivity index is 1.73. The molecule has 0 atom stereocenters. The first-order valence-corrected chi connectivity index (χ1v) is 7.76. The molecule has 1 aliphatic rings. The van der Waals surface area contributed by atoms with Gasteiger partial charge in [0.2, 0.25) is 11.7 Å². The summed E-state index contributed by atoms with van der Waals surface area (Å²) in [5.41, 5.74) is 1.26. The number of amides is 1. The average molecular weight is 355 g/mol. The van der Waals surface area contributed by atoms with E-state index in [4.69, 9.17) is 4.74 Å². The number of benzene rings is 1. The van der Waals surface area contributed by atoms with Crippen LogP contribution in [0.2, 0.25) is 0 Å². The number of rotatable bonds is 5. The van der Waals surface area contributed by atoms with Gasteiger partial charge in [0.1, 0.15) is 0 Å². The number of hydrogen-bond donors (Lipinski definition) is 0. The van der Waals surface area contributed by atoms with Gasteiger partial charge in [-0.1, -0.05) is 36.3 Å². The van der Waals surface area contributed by atoms with Crippen molar-refractivity contribution in [2.45, 2.75) is 32.1 Å². The molecular weight excluding hydrogens is 339 g/mol.